The number of hydrogen-bond acceptors (Lipinski definition) is 6. The van der Waals surface area contributed by atoms with Gasteiger partial charge in [0.2, 0.25) is 5.91 Å². The van der Waals surface area contributed by atoms with E-state index in [1.165, 1.54) is 20.4 Å². The molecule has 2 rings (SSSR count). The quantitative estimate of drug-likeness (QED) is 0.489. The number of aromatic nitrogens is 2. The van der Waals surface area contributed by atoms with Gasteiger partial charge in [-0.15, -0.1) is 0 Å². The second-order valence-electron chi connectivity index (χ2n) is 5.39. The van der Waals surface area contributed by atoms with Crippen LogP contribution in [-0.4, -0.2) is 36.3 Å². The number of carbonyl (C=O) groups is 1. The number of para-hydroxylation sites is 1. The van der Waals surface area contributed by atoms with Gasteiger partial charge in [-0.05, 0) is 25.5 Å². The van der Waals surface area contributed by atoms with Gasteiger partial charge in [-0.1, -0.05) is 6.07 Å². The van der Waals surface area contributed by atoms with Gasteiger partial charge in [0.15, 0.2) is 11.5 Å². The second-order valence-corrected chi connectivity index (χ2v) is 5.39. The number of H-pyrrole nitrogens is 2. The maximum Gasteiger partial charge on any atom is 0.325 e. The molecule has 0 aliphatic rings. The fourth-order valence-corrected chi connectivity index (χ4v) is 2.41. The third-order valence-corrected chi connectivity index (χ3v) is 3.68. The molecule has 0 saturated carbocycles. The van der Waals surface area contributed by atoms with Gasteiger partial charge in [0.1, 0.15) is 0 Å². The van der Waals surface area contributed by atoms with Crippen LogP contribution in [0.1, 0.15) is 23.2 Å². The average molecular weight is 360 g/mol. The highest BCUT2D eigenvalue weighted by atomic mass is 16.5. The van der Waals surface area contributed by atoms with Crippen LogP contribution in [-0.2, 0) is 11.2 Å². The number of aromatic amines is 2. The summed E-state index contributed by atoms with van der Waals surface area (Å²) in [6.45, 7) is 1.61. The highest BCUT2D eigenvalue weighted by Gasteiger charge is 2.10. The van der Waals surface area contributed by atoms with Crippen molar-refractivity contribution >= 4 is 12.1 Å². The molecule has 0 atom stereocenters. The van der Waals surface area contributed by atoms with E-state index in [1.807, 2.05) is 0 Å². The number of carbonyl (C=O) groups excluding carboxylic acids is 1. The maximum absolute atomic E-state index is 11.9. The molecular formula is C17H20N4O5. The molecule has 1 aromatic carbocycles. The second kappa shape index (κ2) is 8.65. The summed E-state index contributed by atoms with van der Waals surface area (Å²) in [6.07, 6.45) is 1.67. The van der Waals surface area contributed by atoms with Crippen molar-refractivity contribution < 1.29 is 14.3 Å². The minimum absolute atomic E-state index is 0.0442. The van der Waals surface area contributed by atoms with Gasteiger partial charge >= 0.3 is 5.69 Å². The topological polar surface area (TPSA) is 126 Å². The zero-order chi connectivity index (χ0) is 19.1. The summed E-state index contributed by atoms with van der Waals surface area (Å²) in [7, 11) is 3.04. The molecule has 0 bridgehead atoms. The van der Waals surface area contributed by atoms with E-state index in [0.29, 0.717) is 28.3 Å². The SMILES string of the molecule is COc1cccc(/C=N/NC(=O)CCc2c(C)[nH]c(=O)[nH]c2=O)c1OC. The Morgan fingerprint density at radius 3 is 2.65 bits per heavy atom. The van der Waals surface area contributed by atoms with Crippen molar-refractivity contribution in [3.05, 3.63) is 55.9 Å². The standard InChI is InChI=1S/C17H20N4O5/c1-10-12(16(23)20-17(24)19-10)7-8-14(22)21-18-9-11-5-4-6-13(25-2)15(11)26-3/h4-6,9H,7-8H2,1-3H3,(H,21,22)(H2,19,20,23,24)/b18-9+. The minimum atomic E-state index is -0.572. The first kappa shape index (κ1) is 19.0. The number of hydrogen-bond donors (Lipinski definition) is 3. The van der Waals surface area contributed by atoms with Crippen molar-refractivity contribution in [1.82, 2.24) is 15.4 Å². The van der Waals surface area contributed by atoms with Crippen LogP contribution in [0.25, 0.3) is 0 Å². The summed E-state index contributed by atoms with van der Waals surface area (Å²) in [6, 6.07) is 5.29. The van der Waals surface area contributed by atoms with Crippen LogP contribution in [0.15, 0.2) is 32.9 Å². The van der Waals surface area contributed by atoms with Crippen molar-refractivity contribution in [3.63, 3.8) is 0 Å². The first-order valence-electron chi connectivity index (χ1n) is 7.81. The molecule has 3 N–H and O–H groups in total. The lowest BCUT2D eigenvalue weighted by Gasteiger charge is -2.09. The smallest absolute Gasteiger partial charge is 0.325 e. The monoisotopic (exact) mass is 360 g/mol. The van der Waals surface area contributed by atoms with Gasteiger partial charge in [-0.2, -0.15) is 5.10 Å². The van der Waals surface area contributed by atoms with E-state index < -0.39 is 11.2 Å². The van der Waals surface area contributed by atoms with Crippen LogP contribution in [0.4, 0.5) is 0 Å². The molecule has 0 aliphatic heterocycles. The molecule has 0 unspecified atom stereocenters. The maximum atomic E-state index is 11.9. The molecule has 1 aromatic heterocycles. The molecule has 9 nitrogen and oxygen atoms in total. The van der Waals surface area contributed by atoms with E-state index >= 15 is 0 Å². The molecule has 0 spiro atoms. The van der Waals surface area contributed by atoms with Gasteiger partial charge < -0.3 is 14.5 Å². The number of ether oxygens (including phenoxy) is 2. The zero-order valence-corrected chi connectivity index (χ0v) is 14.7. The molecule has 0 radical (unpaired) electrons. The molecule has 0 aliphatic carbocycles. The Bertz CT molecular complexity index is 929. The third-order valence-electron chi connectivity index (χ3n) is 3.68. The molecule has 1 heterocycles. The van der Waals surface area contributed by atoms with Crippen molar-refractivity contribution in [3.8, 4) is 11.5 Å². The molecule has 9 heteroatoms. The van der Waals surface area contributed by atoms with Gasteiger partial charge in [-0.25, -0.2) is 10.2 Å². The van der Waals surface area contributed by atoms with Crippen LogP contribution in [0.2, 0.25) is 0 Å². The number of amides is 1. The first-order chi connectivity index (χ1) is 12.5. The summed E-state index contributed by atoms with van der Waals surface area (Å²) in [5.74, 6) is 0.687. The predicted octanol–water partition coefficient (Wildman–Crippen LogP) is 0.472. The lowest BCUT2D eigenvalue weighted by atomic mass is 10.1. The number of hydrazone groups is 1. The Balaban J connectivity index is 1.99. The normalized spacial score (nSPS) is 10.7. The largest absolute Gasteiger partial charge is 0.493 e. The Morgan fingerprint density at radius 2 is 2.00 bits per heavy atom. The summed E-state index contributed by atoms with van der Waals surface area (Å²) in [5.41, 5.74) is 2.76. The Kier molecular flexibility index (Phi) is 6.31. The van der Waals surface area contributed by atoms with Gasteiger partial charge in [0, 0.05) is 23.2 Å². The summed E-state index contributed by atoms with van der Waals surface area (Å²) in [5, 5.41) is 3.89. The van der Waals surface area contributed by atoms with Gasteiger partial charge in [-0.3, -0.25) is 14.6 Å². The van der Waals surface area contributed by atoms with Crippen molar-refractivity contribution in [1.29, 1.82) is 0 Å². The van der Waals surface area contributed by atoms with Crippen LogP contribution in [0.3, 0.4) is 0 Å². The van der Waals surface area contributed by atoms with Crippen molar-refractivity contribution in [2.24, 2.45) is 5.10 Å². The van der Waals surface area contributed by atoms with Crippen LogP contribution in [0.5, 0.6) is 11.5 Å². The van der Waals surface area contributed by atoms with Crippen LogP contribution >= 0.6 is 0 Å². The summed E-state index contributed by atoms with van der Waals surface area (Å²) < 4.78 is 10.5. The molecule has 0 fully saturated rings. The highest BCUT2D eigenvalue weighted by molar-refractivity contribution is 5.86. The molecule has 26 heavy (non-hydrogen) atoms. The van der Waals surface area contributed by atoms with Gasteiger partial charge in [0.25, 0.3) is 5.56 Å². The van der Waals surface area contributed by atoms with E-state index in [1.54, 1.807) is 25.1 Å². The van der Waals surface area contributed by atoms with E-state index in [-0.39, 0.29) is 18.7 Å². The third kappa shape index (κ3) is 4.59. The van der Waals surface area contributed by atoms with E-state index in [9.17, 15) is 14.4 Å². The van der Waals surface area contributed by atoms with E-state index in [2.05, 4.69) is 20.5 Å². The fraction of sp³-hybridized carbons (Fsp3) is 0.294. The summed E-state index contributed by atoms with van der Waals surface area (Å²) in [4.78, 5) is 39.4. The van der Waals surface area contributed by atoms with Crippen LogP contribution < -0.4 is 26.1 Å². The first-order valence-corrected chi connectivity index (χ1v) is 7.81. The Labute approximate surface area is 149 Å². The summed E-state index contributed by atoms with van der Waals surface area (Å²) >= 11 is 0. The molecular weight excluding hydrogens is 340 g/mol. The highest BCUT2D eigenvalue weighted by Crippen LogP contribution is 2.29. The number of rotatable bonds is 7. The number of nitrogens with zero attached hydrogens (tertiary/aromatic N) is 1. The van der Waals surface area contributed by atoms with E-state index in [0.717, 1.165) is 0 Å². The minimum Gasteiger partial charge on any atom is -0.493 e. The predicted molar refractivity (Wildman–Crippen MR) is 96.0 cm³/mol. The Hall–Kier alpha value is -3.36. The molecule has 2 aromatic rings. The number of aryl methyl sites for hydroxylation is 1. The lowest BCUT2D eigenvalue weighted by Crippen LogP contribution is -2.28. The lowest BCUT2D eigenvalue weighted by molar-refractivity contribution is -0.121. The van der Waals surface area contributed by atoms with Crippen LogP contribution in [0, 0.1) is 6.92 Å². The van der Waals surface area contributed by atoms with Crippen molar-refractivity contribution in [2.75, 3.05) is 14.2 Å². The number of benzene rings is 1. The van der Waals surface area contributed by atoms with Crippen molar-refractivity contribution in [2.45, 2.75) is 19.8 Å². The van der Waals surface area contributed by atoms with Gasteiger partial charge in [0.05, 0.1) is 20.4 Å². The van der Waals surface area contributed by atoms with E-state index in [4.69, 9.17) is 9.47 Å². The Morgan fingerprint density at radius 1 is 1.23 bits per heavy atom. The zero-order valence-electron chi connectivity index (χ0n) is 14.7. The average Bonchev–Trinajstić information content (AvgIpc) is 2.60. The number of nitrogens with one attached hydrogen (secondary N) is 3. The molecule has 1 amide bonds. The number of methoxy groups -OCH3 is 2. The fourth-order valence-electron chi connectivity index (χ4n) is 2.41. The molecule has 138 valence electrons. The molecule has 0 saturated heterocycles.